The molecule has 2 fully saturated rings. The summed E-state index contributed by atoms with van der Waals surface area (Å²) in [5.41, 5.74) is 5.80. The highest BCUT2D eigenvalue weighted by Gasteiger charge is 2.35. The zero-order chi connectivity index (χ0) is 14.1. The molecule has 2 saturated heterocycles. The fraction of sp³-hybridized carbons (Fsp3) is 0.857. The number of rotatable bonds is 4. The van der Waals surface area contributed by atoms with Crippen molar-refractivity contribution in [1.82, 2.24) is 15.0 Å². The maximum Gasteiger partial charge on any atom is 0.231 e. The number of ether oxygens (including phenoxy) is 1. The molecule has 1 aromatic rings. The van der Waals surface area contributed by atoms with E-state index in [1.165, 1.54) is 12.8 Å². The molecule has 2 N–H and O–H groups in total. The first-order valence-corrected chi connectivity index (χ1v) is 7.58. The Morgan fingerprint density at radius 1 is 1.45 bits per heavy atom. The zero-order valence-corrected chi connectivity index (χ0v) is 12.3. The Morgan fingerprint density at radius 3 is 3.05 bits per heavy atom. The third-order valence-corrected chi connectivity index (χ3v) is 4.51. The number of hydrogen-bond donors (Lipinski definition) is 1. The van der Waals surface area contributed by atoms with Gasteiger partial charge in [-0.25, -0.2) is 0 Å². The van der Waals surface area contributed by atoms with E-state index in [1.54, 1.807) is 0 Å². The van der Waals surface area contributed by atoms with Crippen molar-refractivity contribution >= 4 is 0 Å². The SMILES string of the molecule is CC(C)C(CN)c1nc(C2CN3CCCC3CO2)no1. The molecule has 20 heavy (non-hydrogen) atoms. The van der Waals surface area contributed by atoms with Gasteiger partial charge in [-0.3, -0.25) is 4.90 Å². The standard InChI is InChI=1S/C14H24N4O2/c1-9(2)11(6-15)14-16-13(17-20-14)12-7-18-5-3-4-10(18)8-19-12/h9-12H,3-8,15H2,1-2H3. The number of nitrogens with two attached hydrogens (primary N) is 1. The lowest BCUT2D eigenvalue weighted by molar-refractivity contribution is -0.0548. The predicted octanol–water partition coefficient (Wildman–Crippen LogP) is 1.30. The molecule has 0 saturated carbocycles. The molecule has 6 nitrogen and oxygen atoms in total. The normalized spacial score (nSPS) is 28.8. The quantitative estimate of drug-likeness (QED) is 0.896. The van der Waals surface area contributed by atoms with Crippen LogP contribution < -0.4 is 5.73 Å². The van der Waals surface area contributed by atoms with Crippen LogP contribution in [-0.2, 0) is 4.74 Å². The highest BCUT2D eigenvalue weighted by Crippen LogP contribution is 2.30. The van der Waals surface area contributed by atoms with E-state index in [1.807, 2.05) is 0 Å². The molecule has 3 heterocycles. The Morgan fingerprint density at radius 2 is 2.30 bits per heavy atom. The van der Waals surface area contributed by atoms with Gasteiger partial charge in [0.1, 0.15) is 6.10 Å². The fourth-order valence-corrected chi connectivity index (χ4v) is 3.16. The second-order valence-corrected chi connectivity index (χ2v) is 6.19. The summed E-state index contributed by atoms with van der Waals surface area (Å²) in [6, 6.07) is 0.588. The molecule has 3 rings (SSSR count). The largest absolute Gasteiger partial charge is 0.367 e. The smallest absolute Gasteiger partial charge is 0.231 e. The van der Waals surface area contributed by atoms with Crippen molar-refractivity contribution in [3.63, 3.8) is 0 Å². The number of aromatic nitrogens is 2. The molecular weight excluding hydrogens is 256 g/mol. The number of hydrogen-bond acceptors (Lipinski definition) is 6. The molecular formula is C14H24N4O2. The molecule has 0 aliphatic carbocycles. The molecule has 0 aromatic carbocycles. The monoisotopic (exact) mass is 280 g/mol. The number of nitrogens with zero attached hydrogens (tertiary/aromatic N) is 3. The van der Waals surface area contributed by atoms with Crippen molar-refractivity contribution in [2.24, 2.45) is 11.7 Å². The Balaban J connectivity index is 1.70. The van der Waals surface area contributed by atoms with Crippen LogP contribution in [0.2, 0.25) is 0 Å². The summed E-state index contributed by atoms with van der Waals surface area (Å²) in [4.78, 5) is 7.01. The lowest BCUT2D eigenvalue weighted by atomic mass is 9.96. The zero-order valence-electron chi connectivity index (χ0n) is 12.3. The molecule has 0 spiro atoms. The van der Waals surface area contributed by atoms with Gasteiger partial charge in [-0.2, -0.15) is 4.98 Å². The van der Waals surface area contributed by atoms with E-state index in [9.17, 15) is 0 Å². The van der Waals surface area contributed by atoms with E-state index >= 15 is 0 Å². The molecule has 1 aromatic heterocycles. The van der Waals surface area contributed by atoms with Crippen molar-refractivity contribution in [2.45, 2.75) is 44.8 Å². The predicted molar refractivity (Wildman–Crippen MR) is 74.2 cm³/mol. The Bertz CT molecular complexity index is 448. The summed E-state index contributed by atoms with van der Waals surface area (Å²) in [5.74, 6) is 1.83. The molecule has 6 heteroatoms. The van der Waals surface area contributed by atoms with E-state index in [0.717, 1.165) is 19.7 Å². The maximum absolute atomic E-state index is 5.91. The van der Waals surface area contributed by atoms with Crippen molar-refractivity contribution in [3.05, 3.63) is 11.7 Å². The summed E-state index contributed by atoms with van der Waals surface area (Å²) < 4.78 is 11.3. The summed E-state index contributed by atoms with van der Waals surface area (Å²) in [5, 5.41) is 4.11. The van der Waals surface area contributed by atoms with Crippen molar-refractivity contribution < 1.29 is 9.26 Å². The third kappa shape index (κ3) is 2.60. The van der Waals surface area contributed by atoms with Gasteiger partial charge in [-0.05, 0) is 25.3 Å². The molecule has 0 bridgehead atoms. The van der Waals surface area contributed by atoms with E-state index < -0.39 is 0 Å². The van der Waals surface area contributed by atoms with Crippen LogP contribution in [-0.4, -0.2) is 47.3 Å². The summed E-state index contributed by atoms with van der Waals surface area (Å²) in [6.45, 7) is 7.57. The second-order valence-electron chi connectivity index (χ2n) is 6.19. The maximum atomic E-state index is 5.91. The molecule has 3 atom stereocenters. The molecule has 3 unspecified atom stereocenters. The van der Waals surface area contributed by atoms with Gasteiger partial charge in [-0.1, -0.05) is 19.0 Å². The highest BCUT2D eigenvalue weighted by molar-refractivity contribution is 5.01. The Labute approximate surface area is 119 Å². The van der Waals surface area contributed by atoms with Crippen LogP contribution in [0.15, 0.2) is 4.52 Å². The van der Waals surface area contributed by atoms with E-state index in [0.29, 0.717) is 30.2 Å². The van der Waals surface area contributed by atoms with Crippen molar-refractivity contribution in [2.75, 3.05) is 26.2 Å². The first-order valence-electron chi connectivity index (χ1n) is 7.58. The van der Waals surface area contributed by atoms with Gasteiger partial charge in [0.2, 0.25) is 11.7 Å². The lowest BCUT2D eigenvalue weighted by Gasteiger charge is -2.33. The fourth-order valence-electron chi connectivity index (χ4n) is 3.16. The van der Waals surface area contributed by atoms with Gasteiger partial charge >= 0.3 is 0 Å². The van der Waals surface area contributed by atoms with Crippen LogP contribution in [0.5, 0.6) is 0 Å². The van der Waals surface area contributed by atoms with Gasteiger partial charge in [0.25, 0.3) is 0 Å². The van der Waals surface area contributed by atoms with Gasteiger partial charge in [-0.15, -0.1) is 0 Å². The molecule has 0 amide bonds. The average Bonchev–Trinajstić information content (AvgIpc) is 3.06. The Hall–Kier alpha value is -0.980. The third-order valence-electron chi connectivity index (χ3n) is 4.51. The Kier molecular flexibility index (Phi) is 4.05. The van der Waals surface area contributed by atoms with Crippen molar-refractivity contribution in [1.29, 1.82) is 0 Å². The minimum absolute atomic E-state index is 0.0626. The van der Waals surface area contributed by atoms with Crippen LogP contribution >= 0.6 is 0 Å². The second kappa shape index (κ2) is 5.79. The van der Waals surface area contributed by atoms with Crippen LogP contribution in [0.25, 0.3) is 0 Å². The average molecular weight is 280 g/mol. The van der Waals surface area contributed by atoms with Crippen LogP contribution in [0, 0.1) is 5.92 Å². The van der Waals surface area contributed by atoms with Gasteiger partial charge in [0, 0.05) is 19.1 Å². The molecule has 2 aliphatic rings. The van der Waals surface area contributed by atoms with Crippen molar-refractivity contribution in [3.8, 4) is 0 Å². The minimum Gasteiger partial charge on any atom is -0.367 e. The van der Waals surface area contributed by atoms with E-state index in [4.69, 9.17) is 15.0 Å². The topological polar surface area (TPSA) is 77.4 Å². The van der Waals surface area contributed by atoms with Crippen LogP contribution in [0.1, 0.15) is 50.4 Å². The first kappa shape index (κ1) is 14.0. The first-order chi connectivity index (χ1) is 9.69. The summed E-state index contributed by atoms with van der Waals surface area (Å²) in [7, 11) is 0. The number of morpholine rings is 1. The van der Waals surface area contributed by atoms with Gasteiger partial charge in [0.15, 0.2) is 0 Å². The van der Waals surface area contributed by atoms with E-state index in [2.05, 4.69) is 28.9 Å². The van der Waals surface area contributed by atoms with Gasteiger partial charge in [0.05, 0.1) is 12.5 Å². The van der Waals surface area contributed by atoms with Crippen LogP contribution in [0.3, 0.4) is 0 Å². The lowest BCUT2D eigenvalue weighted by Crippen LogP contribution is -2.42. The highest BCUT2D eigenvalue weighted by atomic mass is 16.5. The van der Waals surface area contributed by atoms with E-state index in [-0.39, 0.29) is 12.0 Å². The summed E-state index contributed by atoms with van der Waals surface area (Å²) in [6.07, 6.45) is 2.45. The molecule has 0 radical (unpaired) electrons. The molecule has 2 aliphatic heterocycles. The number of fused-ring (bicyclic) bond motifs is 1. The molecule has 112 valence electrons. The minimum atomic E-state index is -0.0626. The summed E-state index contributed by atoms with van der Waals surface area (Å²) >= 11 is 0. The van der Waals surface area contributed by atoms with Gasteiger partial charge < -0.3 is 15.0 Å². The van der Waals surface area contributed by atoms with Crippen LogP contribution in [0.4, 0.5) is 0 Å².